The SMILES string of the molecule is C[C@H]1[C@H](C)CC[C@]2(C)CC[C@]3(C)C(=CC(=O)[C@@H]4[C@@]5(C)CC[C@@H](OC(=O)COc6ccccc6)[C@](C)(C(=O)O)[C@@H]5CC[C@]43C)[C@H]12. The van der Waals surface area contributed by atoms with Crippen LogP contribution in [0.2, 0.25) is 0 Å². The van der Waals surface area contributed by atoms with E-state index in [1.807, 2.05) is 18.2 Å². The maximum absolute atomic E-state index is 14.6. The Hall–Kier alpha value is -2.63. The molecule has 0 bridgehead atoms. The quantitative estimate of drug-likeness (QED) is 0.344. The van der Waals surface area contributed by atoms with Gasteiger partial charge in [-0.15, -0.1) is 0 Å². The normalized spacial score (nSPS) is 46.3. The Labute approximate surface area is 263 Å². The number of hydrogen-bond donors (Lipinski definition) is 1. The summed E-state index contributed by atoms with van der Waals surface area (Å²) in [6.07, 6.45) is 8.56. The first kappa shape index (κ1) is 31.4. The Balaban J connectivity index is 1.32. The van der Waals surface area contributed by atoms with Gasteiger partial charge in [-0.25, -0.2) is 4.79 Å². The highest BCUT2D eigenvalue weighted by molar-refractivity contribution is 5.96. The standard InChI is InChI=1S/C38H52O6/c1-23-13-16-34(3)19-20-36(5)26(31(34)24(23)2)21-27(39)32-35(4)17-15-29(44-30(40)22-43-25-11-9-8-10-12-25)38(7,33(41)42)28(35)14-18-37(32,36)6/h8-12,21,23-24,28-29,31-32H,13-20,22H2,1-7H3,(H,41,42)/t23-,24+,28-,29-,31+,32-,34-,35+,36-,37-,38-/m1/s1. The van der Waals surface area contributed by atoms with Crippen LogP contribution in [0.4, 0.5) is 0 Å². The third-order valence-corrected chi connectivity index (χ3v) is 14.6. The zero-order valence-electron chi connectivity index (χ0n) is 27.8. The molecule has 0 spiro atoms. The summed E-state index contributed by atoms with van der Waals surface area (Å²) in [5.74, 6) is 0.259. The van der Waals surface area contributed by atoms with Gasteiger partial charge < -0.3 is 14.6 Å². The molecule has 240 valence electrons. The molecule has 1 N–H and O–H groups in total. The molecule has 0 radical (unpaired) electrons. The van der Waals surface area contributed by atoms with Crippen molar-refractivity contribution in [1.29, 1.82) is 0 Å². The van der Waals surface area contributed by atoms with Crippen LogP contribution in [0, 0.1) is 56.7 Å². The molecule has 0 aliphatic heterocycles. The molecular formula is C38H52O6. The van der Waals surface area contributed by atoms with E-state index in [9.17, 15) is 19.5 Å². The van der Waals surface area contributed by atoms with Crippen molar-refractivity contribution in [1.82, 2.24) is 0 Å². The zero-order chi connectivity index (χ0) is 31.9. The molecular weight excluding hydrogens is 552 g/mol. The smallest absolute Gasteiger partial charge is 0.344 e. The second-order valence-corrected chi connectivity index (χ2v) is 16.5. The van der Waals surface area contributed by atoms with E-state index in [1.54, 1.807) is 19.1 Å². The second kappa shape index (κ2) is 10.5. The number of carbonyl (C=O) groups is 3. The number of ketones is 1. The van der Waals surface area contributed by atoms with Crippen LogP contribution in [0.5, 0.6) is 5.75 Å². The summed E-state index contributed by atoms with van der Waals surface area (Å²) in [7, 11) is 0. The number of carboxylic acids is 1. The van der Waals surface area contributed by atoms with Crippen molar-refractivity contribution in [2.75, 3.05) is 6.61 Å². The minimum absolute atomic E-state index is 0.104. The van der Waals surface area contributed by atoms with Crippen molar-refractivity contribution >= 4 is 17.7 Å². The van der Waals surface area contributed by atoms with Crippen LogP contribution in [-0.2, 0) is 19.1 Å². The number of aliphatic carboxylic acids is 1. The Kier molecular flexibility index (Phi) is 7.45. The highest BCUT2D eigenvalue weighted by Crippen LogP contribution is 2.75. The largest absolute Gasteiger partial charge is 0.482 e. The Morgan fingerprint density at radius 2 is 1.61 bits per heavy atom. The maximum atomic E-state index is 14.6. The molecule has 0 amide bonds. The van der Waals surface area contributed by atoms with Crippen molar-refractivity contribution < 1.29 is 29.0 Å². The number of carboxylic acid groups (broad SMARTS) is 1. The predicted molar refractivity (Wildman–Crippen MR) is 169 cm³/mol. The summed E-state index contributed by atoms with van der Waals surface area (Å²) >= 11 is 0. The average Bonchev–Trinajstić information content (AvgIpc) is 2.97. The lowest BCUT2D eigenvalue weighted by Crippen LogP contribution is -2.68. The fraction of sp³-hybridized carbons (Fsp3) is 0.711. The van der Waals surface area contributed by atoms with E-state index in [4.69, 9.17) is 9.47 Å². The minimum Gasteiger partial charge on any atom is -0.482 e. The fourth-order valence-corrected chi connectivity index (χ4v) is 11.7. The van der Waals surface area contributed by atoms with Gasteiger partial charge in [0.2, 0.25) is 0 Å². The van der Waals surface area contributed by atoms with Gasteiger partial charge in [0.05, 0.1) is 0 Å². The Morgan fingerprint density at radius 1 is 0.909 bits per heavy atom. The third kappa shape index (κ3) is 4.28. The van der Waals surface area contributed by atoms with Crippen LogP contribution in [0.15, 0.2) is 42.0 Å². The molecule has 6 heteroatoms. The van der Waals surface area contributed by atoms with Gasteiger partial charge in [-0.3, -0.25) is 9.59 Å². The van der Waals surface area contributed by atoms with Crippen molar-refractivity contribution in [3.05, 3.63) is 42.0 Å². The molecule has 0 unspecified atom stereocenters. The molecule has 5 aliphatic carbocycles. The Morgan fingerprint density at radius 3 is 2.30 bits per heavy atom. The number of benzene rings is 1. The van der Waals surface area contributed by atoms with Gasteiger partial charge >= 0.3 is 11.9 Å². The molecule has 4 fully saturated rings. The molecule has 0 heterocycles. The van der Waals surface area contributed by atoms with Crippen LogP contribution >= 0.6 is 0 Å². The van der Waals surface area contributed by atoms with Gasteiger partial charge in [0, 0.05) is 5.92 Å². The second-order valence-electron chi connectivity index (χ2n) is 16.5. The monoisotopic (exact) mass is 604 g/mol. The molecule has 11 atom stereocenters. The zero-order valence-corrected chi connectivity index (χ0v) is 27.8. The van der Waals surface area contributed by atoms with Gasteiger partial charge in [0.1, 0.15) is 17.3 Å². The highest BCUT2D eigenvalue weighted by Gasteiger charge is 2.72. The van der Waals surface area contributed by atoms with E-state index in [2.05, 4.69) is 47.6 Å². The lowest BCUT2D eigenvalue weighted by molar-refractivity contribution is -0.221. The maximum Gasteiger partial charge on any atom is 0.344 e. The number of ether oxygens (including phenoxy) is 2. The summed E-state index contributed by atoms with van der Waals surface area (Å²) in [6.45, 7) is 15.7. The summed E-state index contributed by atoms with van der Waals surface area (Å²) in [6, 6.07) is 9.06. The van der Waals surface area contributed by atoms with E-state index in [1.165, 1.54) is 24.8 Å². The van der Waals surface area contributed by atoms with Crippen molar-refractivity contribution in [2.45, 2.75) is 106 Å². The van der Waals surface area contributed by atoms with E-state index in [0.29, 0.717) is 42.8 Å². The average molecular weight is 605 g/mol. The van der Waals surface area contributed by atoms with Crippen LogP contribution in [0.1, 0.15) is 99.8 Å². The van der Waals surface area contributed by atoms with Gasteiger partial charge in [-0.2, -0.15) is 0 Å². The molecule has 4 saturated carbocycles. The van der Waals surface area contributed by atoms with Crippen molar-refractivity contribution in [3.8, 4) is 5.75 Å². The number of allylic oxidation sites excluding steroid dienone is 2. The van der Waals surface area contributed by atoms with Gasteiger partial charge in [-0.05, 0) is 122 Å². The van der Waals surface area contributed by atoms with Crippen LogP contribution in [0.3, 0.4) is 0 Å². The van der Waals surface area contributed by atoms with E-state index >= 15 is 0 Å². The minimum atomic E-state index is -1.31. The van der Waals surface area contributed by atoms with E-state index in [-0.39, 0.29) is 40.5 Å². The van der Waals surface area contributed by atoms with Gasteiger partial charge in [0.15, 0.2) is 12.4 Å². The first-order chi connectivity index (χ1) is 20.6. The first-order valence-electron chi connectivity index (χ1n) is 17.0. The Bertz CT molecular complexity index is 1370. The first-order valence-corrected chi connectivity index (χ1v) is 17.0. The van der Waals surface area contributed by atoms with Gasteiger partial charge in [-0.1, -0.05) is 65.3 Å². The number of para-hydroxylation sites is 1. The molecule has 6 rings (SSSR count). The van der Waals surface area contributed by atoms with Gasteiger partial charge in [0.25, 0.3) is 0 Å². The third-order valence-electron chi connectivity index (χ3n) is 14.6. The molecule has 1 aromatic carbocycles. The number of fused-ring (bicyclic) bond motifs is 7. The number of hydrogen-bond acceptors (Lipinski definition) is 5. The summed E-state index contributed by atoms with van der Waals surface area (Å²) in [5, 5.41) is 10.8. The number of esters is 1. The molecule has 0 aromatic heterocycles. The van der Waals surface area contributed by atoms with Crippen molar-refractivity contribution in [2.24, 2.45) is 56.7 Å². The highest BCUT2D eigenvalue weighted by atomic mass is 16.6. The number of carbonyl (C=O) groups excluding carboxylic acids is 2. The molecule has 44 heavy (non-hydrogen) atoms. The molecule has 0 saturated heterocycles. The van der Waals surface area contributed by atoms with E-state index in [0.717, 1.165) is 12.8 Å². The lowest BCUT2D eigenvalue weighted by atomic mass is 9.33. The summed E-state index contributed by atoms with van der Waals surface area (Å²) in [4.78, 5) is 40.7. The van der Waals surface area contributed by atoms with Crippen LogP contribution < -0.4 is 4.74 Å². The van der Waals surface area contributed by atoms with Crippen LogP contribution in [0.25, 0.3) is 0 Å². The lowest BCUT2D eigenvalue weighted by Gasteiger charge is -2.70. The fourth-order valence-electron chi connectivity index (χ4n) is 11.7. The summed E-state index contributed by atoms with van der Waals surface area (Å²) in [5.41, 5.74) is -0.563. The molecule has 6 nitrogen and oxygen atoms in total. The van der Waals surface area contributed by atoms with Crippen LogP contribution in [-0.4, -0.2) is 35.5 Å². The molecule has 1 aromatic rings. The number of rotatable bonds is 5. The topological polar surface area (TPSA) is 89.9 Å². The summed E-state index contributed by atoms with van der Waals surface area (Å²) < 4.78 is 11.5. The molecule has 5 aliphatic rings. The predicted octanol–water partition coefficient (Wildman–Crippen LogP) is 7.90. The van der Waals surface area contributed by atoms with E-state index < -0.39 is 28.9 Å². The van der Waals surface area contributed by atoms with Crippen molar-refractivity contribution in [3.63, 3.8) is 0 Å².